The lowest BCUT2D eigenvalue weighted by molar-refractivity contribution is 0.233. The van der Waals surface area contributed by atoms with Crippen molar-refractivity contribution in [2.24, 2.45) is 4.99 Å². The Labute approximate surface area is 90.6 Å². The molecule has 1 saturated heterocycles. The smallest absolute Gasteiger partial charge is 0.0667 e. The monoisotopic (exact) mass is 200 g/mol. The number of hydrogen-bond donors (Lipinski definition) is 0. The van der Waals surface area contributed by atoms with E-state index in [1.807, 2.05) is 0 Å². The van der Waals surface area contributed by atoms with Crippen LogP contribution in [0.4, 0.5) is 5.69 Å². The number of fused-ring (bicyclic) bond motifs is 2. The topological polar surface area (TPSA) is 15.6 Å². The minimum atomic E-state index is 0.253. The lowest BCUT2D eigenvalue weighted by Gasteiger charge is -2.36. The van der Waals surface area contributed by atoms with Crippen LogP contribution in [0.2, 0.25) is 0 Å². The van der Waals surface area contributed by atoms with Crippen LogP contribution >= 0.6 is 0 Å². The molecule has 0 aliphatic carbocycles. The summed E-state index contributed by atoms with van der Waals surface area (Å²) < 4.78 is 0. The summed E-state index contributed by atoms with van der Waals surface area (Å²) in [6.07, 6.45) is 4.61. The molecule has 2 aliphatic rings. The maximum atomic E-state index is 4.56. The summed E-state index contributed by atoms with van der Waals surface area (Å²) in [5.41, 5.74) is 2.88. The number of nitrogens with zero attached hydrogens (tertiary/aromatic N) is 2. The first-order valence-corrected chi connectivity index (χ1v) is 5.63. The molecule has 2 heteroatoms. The summed E-state index contributed by atoms with van der Waals surface area (Å²) in [7, 11) is 2.20. The molecule has 1 aromatic carbocycles. The van der Waals surface area contributed by atoms with E-state index >= 15 is 0 Å². The first-order valence-electron chi connectivity index (χ1n) is 5.63. The van der Waals surface area contributed by atoms with Crippen LogP contribution in [0.1, 0.15) is 18.4 Å². The van der Waals surface area contributed by atoms with Crippen LogP contribution in [-0.4, -0.2) is 31.3 Å². The average Bonchev–Trinajstić information content (AvgIpc) is 2.63. The van der Waals surface area contributed by atoms with Gasteiger partial charge in [-0.25, -0.2) is 0 Å². The highest BCUT2D eigenvalue weighted by Gasteiger charge is 2.38. The van der Waals surface area contributed by atoms with Gasteiger partial charge in [-0.05, 0) is 44.6 Å². The van der Waals surface area contributed by atoms with Gasteiger partial charge in [0.2, 0.25) is 0 Å². The quantitative estimate of drug-likeness (QED) is 0.627. The largest absolute Gasteiger partial charge is 0.306 e. The lowest BCUT2D eigenvalue weighted by Crippen LogP contribution is -2.40. The molecule has 0 amide bonds. The lowest BCUT2D eigenvalue weighted by atomic mass is 9.75. The number of likely N-dealkylation sites (tertiary alicyclic amines) is 1. The first kappa shape index (κ1) is 9.10. The highest BCUT2D eigenvalue weighted by atomic mass is 15.1. The number of para-hydroxylation sites is 1. The highest BCUT2D eigenvalue weighted by molar-refractivity contribution is 5.85. The Balaban J connectivity index is 1.99. The van der Waals surface area contributed by atoms with E-state index in [9.17, 15) is 0 Å². The van der Waals surface area contributed by atoms with Gasteiger partial charge in [0.15, 0.2) is 0 Å². The van der Waals surface area contributed by atoms with E-state index in [-0.39, 0.29) is 5.41 Å². The van der Waals surface area contributed by atoms with Crippen molar-refractivity contribution >= 4 is 11.9 Å². The predicted octanol–water partition coefficient (Wildman–Crippen LogP) is 2.37. The van der Waals surface area contributed by atoms with Crippen LogP contribution in [0, 0.1) is 0 Å². The highest BCUT2D eigenvalue weighted by Crippen LogP contribution is 2.42. The number of benzene rings is 1. The molecule has 0 N–H and O–H groups in total. The molecule has 15 heavy (non-hydrogen) atoms. The van der Waals surface area contributed by atoms with E-state index in [2.05, 4.69) is 47.4 Å². The van der Waals surface area contributed by atoms with E-state index in [4.69, 9.17) is 0 Å². The molecule has 2 heterocycles. The van der Waals surface area contributed by atoms with E-state index in [0.717, 1.165) is 0 Å². The third kappa shape index (κ3) is 1.32. The van der Waals surface area contributed by atoms with Gasteiger partial charge in [-0.3, -0.25) is 4.99 Å². The minimum Gasteiger partial charge on any atom is -0.306 e. The molecule has 1 spiro atoms. The zero-order chi connectivity index (χ0) is 10.3. The van der Waals surface area contributed by atoms with Crippen LogP contribution in [0.3, 0.4) is 0 Å². The van der Waals surface area contributed by atoms with E-state index in [0.29, 0.717) is 0 Å². The third-order valence-corrected chi connectivity index (χ3v) is 3.77. The molecular formula is C13H16N2. The normalized spacial score (nSPS) is 23.3. The van der Waals surface area contributed by atoms with Crippen molar-refractivity contribution in [3.05, 3.63) is 29.8 Å². The maximum absolute atomic E-state index is 4.56. The van der Waals surface area contributed by atoms with Crippen LogP contribution in [0.25, 0.3) is 0 Å². The fraction of sp³-hybridized carbons (Fsp3) is 0.462. The molecule has 0 bridgehead atoms. The number of piperidine rings is 1. The van der Waals surface area contributed by atoms with Gasteiger partial charge in [-0.1, -0.05) is 18.2 Å². The average molecular weight is 200 g/mol. The van der Waals surface area contributed by atoms with Crippen molar-refractivity contribution in [2.45, 2.75) is 18.3 Å². The summed E-state index contributed by atoms with van der Waals surface area (Å²) in [5.74, 6) is 0. The zero-order valence-corrected chi connectivity index (χ0v) is 9.11. The first-order chi connectivity index (χ1) is 7.30. The summed E-state index contributed by atoms with van der Waals surface area (Å²) >= 11 is 0. The SMILES string of the molecule is CN1CCC2(C=Nc3ccccc32)CC1. The molecule has 3 rings (SSSR count). The van der Waals surface area contributed by atoms with Crippen molar-refractivity contribution in [3.8, 4) is 0 Å². The third-order valence-electron chi connectivity index (χ3n) is 3.77. The van der Waals surface area contributed by atoms with Gasteiger partial charge in [0.25, 0.3) is 0 Å². The van der Waals surface area contributed by atoms with Crippen molar-refractivity contribution in [1.29, 1.82) is 0 Å². The maximum Gasteiger partial charge on any atom is 0.0667 e. The van der Waals surface area contributed by atoms with E-state index < -0.39 is 0 Å². The van der Waals surface area contributed by atoms with Gasteiger partial charge in [0, 0.05) is 11.6 Å². The Morgan fingerprint density at radius 3 is 2.73 bits per heavy atom. The van der Waals surface area contributed by atoms with Crippen LogP contribution in [0.5, 0.6) is 0 Å². The summed E-state index contributed by atoms with van der Waals surface area (Å²) in [4.78, 5) is 6.96. The summed E-state index contributed by atoms with van der Waals surface area (Å²) in [6, 6.07) is 8.57. The van der Waals surface area contributed by atoms with Gasteiger partial charge in [-0.2, -0.15) is 0 Å². The Hall–Kier alpha value is -1.15. The zero-order valence-electron chi connectivity index (χ0n) is 9.11. The molecule has 0 saturated carbocycles. The van der Waals surface area contributed by atoms with Gasteiger partial charge in [-0.15, -0.1) is 0 Å². The Morgan fingerprint density at radius 2 is 1.93 bits per heavy atom. The van der Waals surface area contributed by atoms with Gasteiger partial charge < -0.3 is 4.90 Å². The van der Waals surface area contributed by atoms with Gasteiger partial charge in [0.05, 0.1) is 5.69 Å². The molecule has 0 radical (unpaired) electrons. The molecule has 0 aromatic heterocycles. The standard InChI is InChI=1S/C13H16N2/c1-15-8-6-13(7-9-15)10-14-12-5-3-2-4-11(12)13/h2-5,10H,6-9H2,1H3. The Kier molecular flexibility index (Phi) is 1.93. The van der Waals surface area contributed by atoms with Crippen molar-refractivity contribution in [3.63, 3.8) is 0 Å². The second kappa shape index (κ2) is 3.17. The Morgan fingerprint density at radius 1 is 1.20 bits per heavy atom. The molecule has 1 fully saturated rings. The van der Waals surface area contributed by atoms with E-state index in [1.54, 1.807) is 0 Å². The van der Waals surface area contributed by atoms with Crippen LogP contribution < -0.4 is 0 Å². The fourth-order valence-electron chi connectivity index (χ4n) is 2.69. The molecule has 1 aromatic rings. The molecule has 78 valence electrons. The van der Waals surface area contributed by atoms with Crippen LogP contribution in [-0.2, 0) is 5.41 Å². The van der Waals surface area contributed by atoms with Gasteiger partial charge >= 0.3 is 0 Å². The Bertz CT molecular complexity index is 401. The summed E-state index contributed by atoms with van der Waals surface area (Å²) in [5, 5.41) is 0. The predicted molar refractivity (Wildman–Crippen MR) is 63.0 cm³/mol. The number of aliphatic imine (C=N–C) groups is 1. The molecule has 0 atom stereocenters. The van der Waals surface area contributed by atoms with Crippen molar-refractivity contribution in [1.82, 2.24) is 4.90 Å². The fourth-order valence-corrected chi connectivity index (χ4v) is 2.69. The number of rotatable bonds is 0. The second-order valence-corrected chi connectivity index (χ2v) is 4.73. The van der Waals surface area contributed by atoms with E-state index in [1.165, 1.54) is 37.2 Å². The van der Waals surface area contributed by atoms with Crippen LogP contribution in [0.15, 0.2) is 29.3 Å². The summed E-state index contributed by atoms with van der Waals surface area (Å²) in [6.45, 7) is 2.36. The molecular weight excluding hydrogens is 184 g/mol. The molecule has 0 unspecified atom stereocenters. The number of hydrogen-bond acceptors (Lipinski definition) is 2. The minimum absolute atomic E-state index is 0.253. The van der Waals surface area contributed by atoms with Crippen molar-refractivity contribution in [2.75, 3.05) is 20.1 Å². The molecule has 2 aliphatic heterocycles. The molecule has 2 nitrogen and oxygen atoms in total. The van der Waals surface area contributed by atoms with Crippen molar-refractivity contribution < 1.29 is 0 Å². The van der Waals surface area contributed by atoms with Gasteiger partial charge in [0.1, 0.15) is 0 Å². The second-order valence-electron chi connectivity index (χ2n) is 4.73.